The second kappa shape index (κ2) is 4.90. The van der Waals surface area contributed by atoms with Gasteiger partial charge in [-0.3, -0.25) is 0 Å². The van der Waals surface area contributed by atoms with Crippen LogP contribution < -0.4 is 5.32 Å². The first kappa shape index (κ1) is 9.22. The first-order valence-corrected chi connectivity index (χ1v) is 3.95. The molecular formula is C8H14N2O2. The van der Waals surface area contributed by atoms with E-state index >= 15 is 0 Å². The minimum atomic E-state index is 0.333. The zero-order valence-electron chi connectivity index (χ0n) is 7.41. The van der Waals surface area contributed by atoms with Crippen LogP contribution in [-0.4, -0.2) is 24.9 Å². The van der Waals surface area contributed by atoms with Crippen molar-refractivity contribution in [2.24, 2.45) is 0 Å². The molecule has 1 N–H and O–H groups in total. The molecule has 0 saturated heterocycles. The fourth-order valence-electron chi connectivity index (χ4n) is 0.917. The van der Waals surface area contributed by atoms with Gasteiger partial charge in [-0.1, -0.05) is 5.16 Å². The van der Waals surface area contributed by atoms with Crippen LogP contribution in [0.1, 0.15) is 12.7 Å². The monoisotopic (exact) mass is 170 g/mol. The Morgan fingerprint density at radius 2 is 2.58 bits per heavy atom. The van der Waals surface area contributed by atoms with Crippen molar-refractivity contribution >= 4 is 0 Å². The van der Waals surface area contributed by atoms with Crippen molar-refractivity contribution in [2.75, 3.05) is 13.7 Å². The van der Waals surface area contributed by atoms with E-state index in [1.54, 1.807) is 13.3 Å². The Bertz CT molecular complexity index is 199. The Hall–Kier alpha value is -0.870. The zero-order valence-corrected chi connectivity index (χ0v) is 7.41. The molecular weight excluding hydrogens is 156 g/mol. The first-order chi connectivity index (χ1) is 5.83. The van der Waals surface area contributed by atoms with Crippen molar-refractivity contribution in [1.29, 1.82) is 0 Å². The molecule has 1 aromatic heterocycles. The molecule has 0 aromatic carbocycles. The third-order valence-electron chi connectivity index (χ3n) is 1.53. The molecule has 0 radical (unpaired) electrons. The van der Waals surface area contributed by atoms with E-state index in [1.807, 2.05) is 6.07 Å². The van der Waals surface area contributed by atoms with Gasteiger partial charge in [-0.05, 0) is 6.92 Å². The molecule has 0 aliphatic heterocycles. The average molecular weight is 170 g/mol. The molecule has 0 saturated carbocycles. The van der Waals surface area contributed by atoms with Gasteiger partial charge in [0.1, 0.15) is 5.76 Å². The highest BCUT2D eigenvalue weighted by molar-refractivity contribution is 4.92. The summed E-state index contributed by atoms with van der Waals surface area (Å²) < 4.78 is 9.87. The first-order valence-electron chi connectivity index (χ1n) is 3.95. The molecule has 0 fully saturated rings. The zero-order chi connectivity index (χ0) is 8.81. The maximum Gasteiger partial charge on any atom is 0.150 e. The summed E-state index contributed by atoms with van der Waals surface area (Å²) in [7, 11) is 1.69. The highest BCUT2D eigenvalue weighted by atomic mass is 16.5. The lowest BCUT2D eigenvalue weighted by Gasteiger charge is -2.10. The standard InChI is InChI=1S/C8H14N2O2/c1-7(6-11-2)9-5-8-3-4-10-12-8/h3-4,7,9H,5-6H2,1-2H3. The number of hydrogen-bond donors (Lipinski definition) is 1. The summed E-state index contributed by atoms with van der Waals surface area (Å²) in [4.78, 5) is 0. The van der Waals surface area contributed by atoms with E-state index in [-0.39, 0.29) is 0 Å². The van der Waals surface area contributed by atoms with E-state index in [0.717, 1.165) is 5.76 Å². The molecule has 0 aliphatic rings. The summed E-state index contributed by atoms with van der Waals surface area (Å²) in [6.45, 7) is 3.46. The smallest absolute Gasteiger partial charge is 0.150 e. The molecule has 0 amide bonds. The van der Waals surface area contributed by atoms with Crippen molar-refractivity contribution in [3.8, 4) is 0 Å². The van der Waals surface area contributed by atoms with Crippen LogP contribution in [0.4, 0.5) is 0 Å². The van der Waals surface area contributed by atoms with Gasteiger partial charge >= 0.3 is 0 Å². The van der Waals surface area contributed by atoms with Gasteiger partial charge in [0.15, 0.2) is 0 Å². The molecule has 0 aliphatic carbocycles. The van der Waals surface area contributed by atoms with Gasteiger partial charge in [0.25, 0.3) is 0 Å². The normalized spacial score (nSPS) is 13.2. The summed E-state index contributed by atoms with van der Waals surface area (Å²) in [5.41, 5.74) is 0. The van der Waals surface area contributed by atoms with Gasteiger partial charge in [0, 0.05) is 19.2 Å². The molecule has 1 unspecified atom stereocenters. The average Bonchev–Trinajstić information content (AvgIpc) is 2.53. The Kier molecular flexibility index (Phi) is 3.76. The Morgan fingerprint density at radius 3 is 3.17 bits per heavy atom. The van der Waals surface area contributed by atoms with E-state index < -0.39 is 0 Å². The van der Waals surface area contributed by atoms with Crippen molar-refractivity contribution in [1.82, 2.24) is 10.5 Å². The molecule has 1 atom stereocenters. The molecule has 1 heterocycles. The van der Waals surface area contributed by atoms with Crippen LogP contribution in [0.2, 0.25) is 0 Å². The Morgan fingerprint density at radius 1 is 1.75 bits per heavy atom. The lowest BCUT2D eigenvalue weighted by atomic mass is 10.3. The second-order valence-corrected chi connectivity index (χ2v) is 2.72. The highest BCUT2D eigenvalue weighted by Crippen LogP contribution is 1.95. The maximum atomic E-state index is 4.96. The van der Waals surface area contributed by atoms with Crippen molar-refractivity contribution in [3.63, 3.8) is 0 Å². The fourth-order valence-corrected chi connectivity index (χ4v) is 0.917. The van der Waals surface area contributed by atoms with Gasteiger partial charge in [-0.15, -0.1) is 0 Å². The number of methoxy groups -OCH3 is 1. The Labute approximate surface area is 71.9 Å². The van der Waals surface area contributed by atoms with Crippen LogP contribution >= 0.6 is 0 Å². The number of nitrogens with one attached hydrogen (secondary N) is 1. The van der Waals surface area contributed by atoms with E-state index in [1.165, 1.54) is 0 Å². The van der Waals surface area contributed by atoms with Crippen LogP contribution in [0.25, 0.3) is 0 Å². The molecule has 0 spiro atoms. The predicted octanol–water partition coefficient (Wildman–Crippen LogP) is 0.799. The molecule has 1 rings (SSSR count). The molecule has 4 heteroatoms. The van der Waals surface area contributed by atoms with Gasteiger partial charge in [0.2, 0.25) is 0 Å². The molecule has 68 valence electrons. The van der Waals surface area contributed by atoms with Crippen LogP contribution in [0.3, 0.4) is 0 Å². The lowest BCUT2D eigenvalue weighted by Crippen LogP contribution is -2.29. The van der Waals surface area contributed by atoms with Crippen molar-refractivity contribution in [3.05, 3.63) is 18.0 Å². The number of ether oxygens (including phenoxy) is 1. The number of hydrogen-bond acceptors (Lipinski definition) is 4. The summed E-state index contributed by atoms with van der Waals surface area (Å²) >= 11 is 0. The van der Waals surface area contributed by atoms with Gasteiger partial charge in [0.05, 0.1) is 19.3 Å². The summed E-state index contributed by atoms with van der Waals surface area (Å²) in [5.74, 6) is 0.845. The SMILES string of the molecule is COCC(C)NCc1ccno1. The molecule has 4 nitrogen and oxygen atoms in total. The molecule has 12 heavy (non-hydrogen) atoms. The minimum absolute atomic E-state index is 0.333. The van der Waals surface area contributed by atoms with Crippen LogP contribution in [0, 0.1) is 0 Å². The summed E-state index contributed by atoms with van der Waals surface area (Å²) in [6, 6.07) is 2.17. The second-order valence-electron chi connectivity index (χ2n) is 2.72. The van der Waals surface area contributed by atoms with Gasteiger partial charge in [-0.25, -0.2) is 0 Å². The van der Waals surface area contributed by atoms with E-state index in [4.69, 9.17) is 9.26 Å². The van der Waals surface area contributed by atoms with Crippen molar-refractivity contribution in [2.45, 2.75) is 19.5 Å². The quantitative estimate of drug-likeness (QED) is 0.710. The maximum absolute atomic E-state index is 4.96. The van der Waals surface area contributed by atoms with E-state index in [2.05, 4.69) is 17.4 Å². The molecule has 1 aromatic rings. The number of aromatic nitrogens is 1. The van der Waals surface area contributed by atoms with Gasteiger partial charge in [-0.2, -0.15) is 0 Å². The van der Waals surface area contributed by atoms with Crippen LogP contribution in [0.15, 0.2) is 16.8 Å². The largest absolute Gasteiger partial charge is 0.383 e. The van der Waals surface area contributed by atoms with Gasteiger partial charge < -0.3 is 14.6 Å². The number of rotatable bonds is 5. The highest BCUT2D eigenvalue weighted by Gasteiger charge is 2.01. The van der Waals surface area contributed by atoms with Crippen molar-refractivity contribution < 1.29 is 9.26 Å². The van der Waals surface area contributed by atoms with E-state index in [9.17, 15) is 0 Å². The summed E-state index contributed by atoms with van der Waals surface area (Å²) in [5, 5.41) is 6.83. The third-order valence-corrected chi connectivity index (χ3v) is 1.53. The molecule has 0 bridgehead atoms. The summed E-state index contributed by atoms with van der Waals surface area (Å²) in [6.07, 6.45) is 1.64. The third kappa shape index (κ3) is 3.02. The topological polar surface area (TPSA) is 47.3 Å². The lowest BCUT2D eigenvalue weighted by molar-refractivity contribution is 0.170. The minimum Gasteiger partial charge on any atom is -0.383 e. The van der Waals surface area contributed by atoms with E-state index in [0.29, 0.717) is 19.2 Å². The van der Waals surface area contributed by atoms with Crippen LogP contribution in [0.5, 0.6) is 0 Å². The van der Waals surface area contributed by atoms with Crippen LogP contribution in [-0.2, 0) is 11.3 Å². The predicted molar refractivity (Wildman–Crippen MR) is 44.7 cm³/mol. The number of nitrogens with zero attached hydrogens (tertiary/aromatic N) is 1. The Balaban J connectivity index is 2.17. The fraction of sp³-hybridized carbons (Fsp3) is 0.625.